The Labute approximate surface area is 129 Å². The van der Waals surface area contributed by atoms with E-state index in [1.165, 1.54) is 0 Å². The molecule has 21 heavy (non-hydrogen) atoms. The van der Waals surface area contributed by atoms with Gasteiger partial charge >= 0.3 is 5.97 Å². The normalized spacial score (nSPS) is 18.3. The van der Waals surface area contributed by atoms with E-state index in [1.807, 2.05) is 31.2 Å². The lowest BCUT2D eigenvalue weighted by molar-refractivity contribution is -0.143. The molecule has 0 saturated heterocycles. The maximum Gasteiger partial charge on any atom is 0.338 e. The molecular weight excluding hydrogens is 288 g/mol. The third-order valence-electron chi connectivity index (χ3n) is 3.15. The first-order chi connectivity index (χ1) is 9.90. The van der Waals surface area contributed by atoms with Gasteiger partial charge in [0.2, 0.25) is 0 Å². The number of nitrogens with two attached hydrogens (primary N) is 1. The number of carbonyl (C=O) groups is 1. The number of nitrogens with one attached hydrogen (secondary N) is 1. The van der Waals surface area contributed by atoms with Gasteiger partial charge in [0.05, 0.1) is 11.7 Å². The van der Waals surface area contributed by atoms with E-state index < -0.39 is 5.97 Å². The molecule has 1 heterocycles. The number of allylic oxidation sites excluding steroid dienone is 2. The van der Waals surface area contributed by atoms with Crippen LogP contribution >= 0.6 is 11.6 Å². The highest BCUT2D eigenvalue weighted by molar-refractivity contribution is 6.31. The van der Waals surface area contributed by atoms with Crippen LogP contribution in [0.5, 0.6) is 0 Å². The van der Waals surface area contributed by atoms with E-state index in [4.69, 9.17) is 22.1 Å². The number of benzene rings is 1. The summed E-state index contributed by atoms with van der Waals surface area (Å²) in [5.74, 6) is -0.430. The van der Waals surface area contributed by atoms with Crippen molar-refractivity contribution in [2.75, 3.05) is 0 Å². The average molecular weight is 307 g/mol. The van der Waals surface area contributed by atoms with Crippen molar-refractivity contribution < 1.29 is 9.53 Å². The molecule has 3 N–H and O–H groups in total. The molecule has 112 valence electrons. The van der Waals surface area contributed by atoms with Gasteiger partial charge in [0, 0.05) is 16.6 Å². The molecule has 5 heteroatoms. The highest BCUT2D eigenvalue weighted by atomic mass is 35.5. The fourth-order valence-corrected chi connectivity index (χ4v) is 2.56. The number of rotatable bonds is 3. The summed E-state index contributed by atoms with van der Waals surface area (Å²) in [4.78, 5) is 12.3. The molecule has 1 aromatic rings. The summed E-state index contributed by atoms with van der Waals surface area (Å²) in [6, 6.07) is 7.42. The van der Waals surface area contributed by atoms with Crippen LogP contribution in [0.1, 0.15) is 32.3 Å². The van der Waals surface area contributed by atoms with E-state index in [0.717, 1.165) is 11.3 Å². The van der Waals surface area contributed by atoms with Gasteiger partial charge in [-0.15, -0.1) is 0 Å². The Hall–Kier alpha value is -1.94. The second-order valence-corrected chi connectivity index (χ2v) is 5.66. The second kappa shape index (κ2) is 6.22. The number of ether oxygens (including phenoxy) is 1. The van der Waals surface area contributed by atoms with Crippen LogP contribution in [0.25, 0.3) is 0 Å². The zero-order valence-corrected chi connectivity index (χ0v) is 13.1. The van der Waals surface area contributed by atoms with Crippen molar-refractivity contribution in [2.24, 2.45) is 5.73 Å². The van der Waals surface area contributed by atoms with Crippen molar-refractivity contribution in [1.82, 2.24) is 5.32 Å². The van der Waals surface area contributed by atoms with Gasteiger partial charge in [0.25, 0.3) is 0 Å². The third-order valence-corrected chi connectivity index (χ3v) is 3.50. The quantitative estimate of drug-likeness (QED) is 0.842. The highest BCUT2D eigenvalue weighted by Gasteiger charge is 2.30. The molecule has 1 aromatic carbocycles. The highest BCUT2D eigenvalue weighted by Crippen LogP contribution is 2.35. The minimum Gasteiger partial charge on any atom is -0.459 e. The van der Waals surface area contributed by atoms with Gasteiger partial charge in [-0.1, -0.05) is 35.9 Å². The minimum absolute atomic E-state index is 0.211. The summed E-state index contributed by atoms with van der Waals surface area (Å²) in [6.07, 6.45) is 1.71. The summed E-state index contributed by atoms with van der Waals surface area (Å²) >= 11 is 6.26. The van der Waals surface area contributed by atoms with E-state index in [9.17, 15) is 4.79 Å². The largest absolute Gasteiger partial charge is 0.459 e. The van der Waals surface area contributed by atoms with Crippen LogP contribution in [-0.2, 0) is 9.53 Å². The molecule has 0 aromatic heterocycles. The molecule has 0 aliphatic carbocycles. The lowest BCUT2D eigenvalue weighted by atomic mass is 9.88. The van der Waals surface area contributed by atoms with E-state index in [0.29, 0.717) is 16.4 Å². The lowest BCUT2D eigenvalue weighted by Crippen LogP contribution is -2.31. The molecule has 1 unspecified atom stereocenters. The van der Waals surface area contributed by atoms with Gasteiger partial charge < -0.3 is 15.8 Å². The molecule has 0 bridgehead atoms. The standard InChI is InChI=1S/C16H19ClN2O2/c1-9(2)21-16(20)14-12(8-10(3)19-15(14)18)11-6-4-5-7-13(11)17/h4-9,12,19H,18H2,1-3H3. The van der Waals surface area contributed by atoms with Gasteiger partial charge in [0.15, 0.2) is 0 Å². The van der Waals surface area contributed by atoms with Gasteiger partial charge in [-0.2, -0.15) is 0 Å². The second-order valence-electron chi connectivity index (χ2n) is 5.26. The van der Waals surface area contributed by atoms with Gasteiger partial charge in [-0.05, 0) is 32.4 Å². The van der Waals surface area contributed by atoms with Gasteiger partial charge in [0.1, 0.15) is 5.82 Å². The monoisotopic (exact) mass is 306 g/mol. The van der Waals surface area contributed by atoms with Crippen molar-refractivity contribution in [2.45, 2.75) is 32.8 Å². The Morgan fingerprint density at radius 2 is 2.05 bits per heavy atom. The van der Waals surface area contributed by atoms with Crippen molar-refractivity contribution in [3.8, 4) is 0 Å². The summed E-state index contributed by atoms with van der Waals surface area (Å²) in [5.41, 5.74) is 8.10. The smallest absolute Gasteiger partial charge is 0.338 e. The minimum atomic E-state index is -0.427. The van der Waals surface area contributed by atoms with E-state index in [-0.39, 0.29) is 12.0 Å². The first kappa shape index (κ1) is 15.4. The van der Waals surface area contributed by atoms with Crippen LogP contribution in [0, 0.1) is 0 Å². The molecule has 1 atom stereocenters. The molecule has 0 fully saturated rings. The third kappa shape index (κ3) is 3.39. The maximum atomic E-state index is 12.3. The lowest BCUT2D eigenvalue weighted by Gasteiger charge is -2.26. The van der Waals surface area contributed by atoms with Crippen LogP contribution in [0.2, 0.25) is 5.02 Å². The number of hydrogen-bond acceptors (Lipinski definition) is 4. The van der Waals surface area contributed by atoms with Crippen LogP contribution in [-0.4, -0.2) is 12.1 Å². The topological polar surface area (TPSA) is 64.3 Å². The summed E-state index contributed by atoms with van der Waals surface area (Å²) in [6.45, 7) is 5.49. The summed E-state index contributed by atoms with van der Waals surface area (Å²) in [5, 5.41) is 3.57. The Morgan fingerprint density at radius 1 is 1.38 bits per heavy atom. The predicted molar refractivity (Wildman–Crippen MR) is 83.5 cm³/mol. The fourth-order valence-electron chi connectivity index (χ4n) is 2.31. The molecule has 4 nitrogen and oxygen atoms in total. The first-order valence-corrected chi connectivity index (χ1v) is 7.18. The SMILES string of the molecule is CC1=CC(c2ccccc2Cl)C(C(=O)OC(C)C)=C(N)N1. The van der Waals surface area contributed by atoms with Crippen LogP contribution in [0.3, 0.4) is 0 Å². The zero-order valence-electron chi connectivity index (χ0n) is 12.3. The molecule has 0 radical (unpaired) electrons. The molecule has 0 spiro atoms. The summed E-state index contributed by atoms with van der Waals surface area (Å²) < 4.78 is 5.30. The molecule has 0 amide bonds. The number of esters is 1. The summed E-state index contributed by atoms with van der Waals surface area (Å²) in [7, 11) is 0. The van der Waals surface area contributed by atoms with Gasteiger partial charge in [-0.25, -0.2) is 4.79 Å². The number of carbonyl (C=O) groups excluding carboxylic acids is 1. The number of hydrogen-bond donors (Lipinski definition) is 2. The van der Waals surface area contributed by atoms with E-state index in [2.05, 4.69) is 5.32 Å². The predicted octanol–water partition coefficient (Wildman–Crippen LogP) is 3.05. The Bertz CT molecular complexity index is 620. The maximum absolute atomic E-state index is 12.3. The average Bonchev–Trinajstić information content (AvgIpc) is 2.37. The molecule has 0 saturated carbocycles. The molecular formula is C16H19ClN2O2. The molecule has 2 rings (SSSR count). The Balaban J connectivity index is 2.47. The molecule has 1 aliphatic heterocycles. The fraction of sp³-hybridized carbons (Fsp3) is 0.312. The van der Waals surface area contributed by atoms with Crippen molar-refractivity contribution in [3.05, 3.63) is 58.0 Å². The number of halogens is 1. The molecule has 1 aliphatic rings. The van der Waals surface area contributed by atoms with Crippen LogP contribution < -0.4 is 11.1 Å². The van der Waals surface area contributed by atoms with Crippen molar-refractivity contribution in [3.63, 3.8) is 0 Å². The van der Waals surface area contributed by atoms with E-state index in [1.54, 1.807) is 19.9 Å². The van der Waals surface area contributed by atoms with Crippen molar-refractivity contribution >= 4 is 17.6 Å². The van der Waals surface area contributed by atoms with Gasteiger partial charge in [-0.3, -0.25) is 0 Å². The van der Waals surface area contributed by atoms with Crippen LogP contribution in [0.15, 0.2) is 47.4 Å². The number of dihydropyridines is 1. The first-order valence-electron chi connectivity index (χ1n) is 6.80. The zero-order chi connectivity index (χ0) is 15.6. The van der Waals surface area contributed by atoms with Crippen molar-refractivity contribution in [1.29, 1.82) is 0 Å². The Morgan fingerprint density at radius 3 is 2.67 bits per heavy atom. The van der Waals surface area contributed by atoms with E-state index >= 15 is 0 Å². The Kier molecular flexibility index (Phi) is 4.58. The van der Waals surface area contributed by atoms with Crippen LogP contribution in [0.4, 0.5) is 0 Å².